The Kier molecular flexibility index (Phi) is 5.11. The topological polar surface area (TPSA) is 26.3 Å². The predicted molar refractivity (Wildman–Crippen MR) is 70.8 cm³/mol. The smallest absolute Gasteiger partial charge is 0.163 e. The van der Waals surface area contributed by atoms with Crippen LogP contribution in [0.15, 0.2) is 36.4 Å². The summed E-state index contributed by atoms with van der Waals surface area (Å²) in [6, 6.07) is 10.0. The summed E-state index contributed by atoms with van der Waals surface area (Å²) >= 11 is 0. The largest absolute Gasteiger partial charge is 0.370 e. The first-order chi connectivity index (χ1) is 8.00. The number of hydrogen-bond donors (Lipinski definition) is 0. The van der Waals surface area contributed by atoms with Crippen molar-refractivity contribution in [2.45, 2.75) is 20.8 Å². The van der Waals surface area contributed by atoms with E-state index in [1.807, 2.05) is 63.3 Å². The van der Waals surface area contributed by atoms with Gasteiger partial charge in [0, 0.05) is 5.41 Å². The standard InChI is InChI=1S/C15H20O2/c1-15(2,3)14(16)12-17-11-7-10-13-8-5-4-6-9-13/h4-10H,11-12H2,1-3H3. The minimum Gasteiger partial charge on any atom is -0.370 e. The van der Waals surface area contributed by atoms with E-state index in [1.165, 1.54) is 0 Å². The molecule has 0 saturated carbocycles. The van der Waals surface area contributed by atoms with Gasteiger partial charge >= 0.3 is 0 Å². The number of ketones is 1. The number of rotatable bonds is 5. The zero-order chi connectivity index (χ0) is 12.7. The second-order valence-electron chi connectivity index (χ2n) is 5.00. The number of Topliss-reactive ketones (excluding diaryl/α,β-unsaturated/α-hetero) is 1. The van der Waals surface area contributed by atoms with Gasteiger partial charge in [-0.15, -0.1) is 0 Å². The van der Waals surface area contributed by atoms with Gasteiger partial charge in [0.25, 0.3) is 0 Å². The molecule has 1 aromatic carbocycles. The second kappa shape index (κ2) is 6.36. The molecule has 0 aliphatic heterocycles. The second-order valence-corrected chi connectivity index (χ2v) is 5.00. The van der Waals surface area contributed by atoms with E-state index in [0.29, 0.717) is 6.61 Å². The lowest BCUT2D eigenvalue weighted by molar-refractivity contribution is -0.130. The molecule has 0 atom stereocenters. The van der Waals surface area contributed by atoms with E-state index >= 15 is 0 Å². The van der Waals surface area contributed by atoms with Gasteiger partial charge in [0.05, 0.1) is 6.61 Å². The molecule has 0 aliphatic carbocycles. The molecule has 0 aromatic heterocycles. The monoisotopic (exact) mass is 232 g/mol. The predicted octanol–water partition coefficient (Wildman–Crippen LogP) is 3.33. The Morgan fingerprint density at radius 2 is 1.88 bits per heavy atom. The van der Waals surface area contributed by atoms with Crippen LogP contribution in [0.1, 0.15) is 26.3 Å². The minimum absolute atomic E-state index is 0.130. The van der Waals surface area contributed by atoms with Crippen molar-refractivity contribution in [2.24, 2.45) is 5.41 Å². The van der Waals surface area contributed by atoms with E-state index in [9.17, 15) is 4.79 Å². The fourth-order valence-corrected chi connectivity index (χ4v) is 1.18. The van der Waals surface area contributed by atoms with E-state index in [1.54, 1.807) is 0 Å². The summed E-state index contributed by atoms with van der Waals surface area (Å²) in [5, 5.41) is 0. The van der Waals surface area contributed by atoms with Gasteiger partial charge in [0.15, 0.2) is 5.78 Å². The maximum atomic E-state index is 11.5. The van der Waals surface area contributed by atoms with Gasteiger partial charge < -0.3 is 4.74 Å². The molecule has 0 amide bonds. The van der Waals surface area contributed by atoms with Gasteiger partial charge in [-0.2, -0.15) is 0 Å². The Hall–Kier alpha value is -1.41. The van der Waals surface area contributed by atoms with Crippen molar-refractivity contribution in [2.75, 3.05) is 13.2 Å². The molecule has 0 bridgehead atoms. The molecular weight excluding hydrogens is 212 g/mol. The number of ether oxygens (including phenoxy) is 1. The van der Waals surface area contributed by atoms with Gasteiger partial charge in [-0.05, 0) is 5.56 Å². The Bertz CT molecular complexity index is 372. The summed E-state index contributed by atoms with van der Waals surface area (Å²) in [6.45, 7) is 6.36. The summed E-state index contributed by atoms with van der Waals surface area (Å²) in [6.07, 6.45) is 3.91. The molecule has 0 fully saturated rings. The van der Waals surface area contributed by atoms with Crippen molar-refractivity contribution in [3.63, 3.8) is 0 Å². The van der Waals surface area contributed by atoms with Crippen LogP contribution in [0, 0.1) is 5.41 Å². The van der Waals surface area contributed by atoms with Crippen LogP contribution in [0.5, 0.6) is 0 Å². The summed E-state index contributed by atoms with van der Waals surface area (Å²) in [4.78, 5) is 11.5. The summed E-state index contributed by atoms with van der Waals surface area (Å²) in [5.74, 6) is 0.130. The van der Waals surface area contributed by atoms with Crippen LogP contribution in [0.3, 0.4) is 0 Å². The molecule has 0 spiro atoms. The van der Waals surface area contributed by atoms with Crippen molar-refractivity contribution in [3.8, 4) is 0 Å². The SMILES string of the molecule is CC(C)(C)C(=O)COCC=Cc1ccccc1. The third-order valence-electron chi connectivity index (χ3n) is 2.39. The zero-order valence-corrected chi connectivity index (χ0v) is 10.8. The van der Waals surface area contributed by atoms with E-state index < -0.39 is 0 Å². The van der Waals surface area contributed by atoms with Crippen molar-refractivity contribution < 1.29 is 9.53 Å². The third-order valence-corrected chi connectivity index (χ3v) is 2.39. The highest BCUT2D eigenvalue weighted by atomic mass is 16.5. The number of carbonyl (C=O) groups excluding carboxylic acids is 1. The molecule has 1 rings (SSSR count). The first kappa shape index (κ1) is 13.7. The Labute approximate surface area is 103 Å². The first-order valence-electron chi connectivity index (χ1n) is 5.83. The number of carbonyl (C=O) groups is 1. The van der Waals surface area contributed by atoms with Crippen LogP contribution in [0.25, 0.3) is 6.08 Å². The first-order valence-corrected chi connectivity index (χ1v) is 5.83. The van der Waals surface area contributed by atoms with E-state index in [0.717, 1.165) is 5.56 Å². The molecule has 0 heterocycles. The van der Waals surface area contributed by atoms with Crippen molar-refractivity contribution >= 4 is 11.9 Å². The van der Waals surface area contributed by atoms with Crippen LogP contribution in [-0.2, 0) is 9.53 Å². The molecule has 2 nitrogen and oxygen atoms in total. The van der Waals surface area contributed by atoms with Crippen LogP contribution in [-0.4, -0.2) is 19.0 Å². The van der Waals surface area contributed by atoms with Crippen molar-refractivity contribution in [3.05, 3.63) is 42.0 Å². The van der Waals surface area contributed by atoms with Gasteiger partial charge in [-0.3, -0.25) is 4.79 Å². The normalized spacial score (nSPS) is 11.9. The highest BCUT2D eigenvalue weighted by Crippen LogP contribution is 2.14. The quantitative estimate of drug-likeness (QED) is 0.728. The fourth-order valence-electron chi connectivity index (χ4n) is 1.18. The Balaban J connectivity index is 2.25. The highest BCUT2D eigenvalue weighted by Gasteiger charge is 2.20. The summed E-state index contributed by atoms with van der Waals surface area (Å²) < 4.78 is 5.31. The molecule has 92 valence electrons. The van der Waals surface area contributed by atoms with Crippen LogP contribution >= 0.6 is 0 Å². The maximum Gasteiger partial charge on any atom is 0.163 e. The Morgan fingerprint density at radius 3 is 2.47 bits per heavy atom. The van der Waals surface area contributed by atoms with Crippen LogP contribution in [0.4, 0.5) is 0 Å². The molecule has 0 N–H and O–H groups in total. The van der Waals surface area contributed by atoms with Gasteiger partial charge in [0.1, 0.15) is 6.61 Å². The van der Waals surface area contributed by atoms with Gasteiger partial charge in [0.2, 0.25) is 0 Å². The lowest BCUT2D eigenvalue weighted by Crippen LogP contribution is -2.24. The number of hydrogen-bond acceptors (Lipinski definition) is 2. The molecule has 0 aliphatic rings. The Morgan fingerprint density at radius 1 is 1.24 bits per heavy atom. The summed E-state index contributed by atoms with van der Waals surface area (Å²) in [5.41, 5.74) is 0.821. The molecule has 1 aromatic rings. The van der Waals surface area contributed by atoms with Gasteiger partial charge in [-0.1, -0.05) is 63.3 Å². The fraction of sp³-hybridized carbons (Fsp3) is 0.400. The van der Waals surface area contributed by atoms with E-state index in [-0.39, 0.29) is 17.8 Å². The molecule has 2 heteroatoms. The van der Waals surface area contributed by atoms with E-state index in [2.05, 4.69) is 0 Å². The van der Waals surface area contributed by atoms with Crippen LogP contribution < -0.4 is 0 Å². The maximum absolute atomic E-state index is 11.5. The van der Waals surface area contributed by atoms with Crippen molar-refractivity contribution in [1.82, 2.24) is 0 Å². The van der Waals surface area contributed by atoms with Gasteiger partial charge in [-0.25, -0.2) is 0 Å². The zero-order valence-electron chi connectivity index (χ0n) is 10.8. The molecular formula is C15H20O2. The molecule has 0 unspecified atom stereocenters. The summed E-state index contributed by atoms with van der Waals surface area (Å²) in [7, 11) is 0. The molecule has 17 heavy (non-hydrogen) atoms. The lowest BCUT2D eigenvalue weighted by atomic mass is 9.91. The third kappa shape index (κ3) is 5.45. The van der Waals surface area contributed by atoms with Crippen LogP contribution in [0.2, 0.25) is 0 Å². The highest BCUT2D eigenvalue weighted by molar-refractivity contribution is 5.84. The van der Waals surface area contributed by atoms with E-state index in [4.69, 9.17) is 4.74 Å². The lowest BCUT2D eigenvalue weighted by Gasteiger charge is -2.15. The minimum atomic E-state index is -0.316. The average molecular weight is 232 g/mol. The van der Waals surface area contributed by atoms with Crippen molar-refractivity contribution in [1.29, 1.82) is 0 Å². The molecule has 0 radical (unpaired) electrons. The molecule has 0 saturated heterocycles. The number of benzene rings is 1. The average Bonchev–Trinajstić information content (AvgIpc) is 2.28.